The molecule has 1 aliphatic rings. The molecule has 0 aliphatic carbocycles. The summed E-state index contributed by atoms with van der Waals surface area (Å²) >= 11 is 0. The number of hydrogen-bond donors (Lipinski definition) is 2. The second-order valence-corrected chi connectivity index (χ2v) is 12.2. The van der Waals surface area contributed by atoms with Gasteiger partial charge in [-0.05, 0) is 6.42 Å². The van der Waals surface area contributed by atoms with Gasteiger partial charge in [-0.15, -0.1) is 0 Å². The molecular formula is C15H27N4O9P2S2-. The van der Waals surface area contributed by atoms with Crippen LogP contribution in [0, 0.1) is 5.92 Å². The number of phosphoric acid groups is 2. The van der Waals surface area contributed by atoms with Crippen molar-refractivity contribution in [2.75, 3.05) is 38.4 Å². The van der Waals surface area contributed by atoms with Crippen LogP contribution in [0.15, 0.2) is 18.7 Å². The number of carbonyl (C=O) groups is 1. The summed E-state index contributed by atoms with van der Waals surface area (Å²) in [6, 6.07) is -0.395. The molecule has 1 saturated heterocycles. The van der Waals surface area contributed by atoms with Gasteiger partial charge in [0.25, 0.3) is 15.6 Å². The summed E-state index contributed by atoms with van der Waals surface area (Å²) in [5, 5.41) is 5.24. The topological polar surface area (TPSA) is 167 Å². The molecule has 0 aromatic carbocycles. The highest BCUT2D eigenvalue weighted by molar-refractivity contribution is 8.76. The molecule has 2 rings (SSSR count). The first-order valence-electron chi connectivity index (χ1n) is 9.52. The lowest BCUT2D eigenvalue weighted by Crippen LogP contribution is -2.37. The van der Waals surface area contributed by atoms with E-state index in [1.807, 2.05) is 17.8 Å². The van der Waals surface area contributed by atoms with Crippen LogP contribution in [0.1, 0.15) is 6.42 Å². The van der Waals surface area contributed by atoms with Gasteiger partial charge in [-0.2, -0.15) is 0 Å². The van der Waals surface area contributed by atoms with E-state index in [4.69, 9.17) is 13.6 Å². The molecule has 32 heavy (non-hydrogen) atoms. The molecule has 0 radical (unpaired) electrons. The Labute approximate surface area is 194 Å². The fourth-order valence-corrected chi connectivity index (χ4v) is 6.69. The van der Waals surface area contributed by atoms with Gasteiger partial charge in [-0.1, -0.05) is 21.6 Å². The van der Waals surface area contributed by atoms with Crippen LogP contribution in [0.5, 0.6) is 0 Å². The van der Waals surface area contributed by atoms with Crippen LogP contribution in [0.3, 0.4) is 0 Å². The summed E-state index contributed by atoms with van der Waals surface area (Å²) in [5.41, 5.74) is 0. The molecule has 0 saturated carbocycles. The van der Waals surface area contributed by atoms with Crippen LogP contribution < -0.4 is 25.0 Å². The van der Waals surface area contributed by atoms with Crippen molar-refractivity contribution < 1.29 is 46.4 Å². The zero-order valence-electron chi connectivity index (χ0n) is 17.6. The SMILES string of the molecule is COP(=O)([O-])OC1CSSCC1COP(=O)([O-])OCCCNC(=O)NCn1cc[n+](C)c1. The van der Waals surface area contributed by atoms with Crippen molar-refractivity contribution in [3.63, 3.8) is 0 Å². The Morgan fingerprint density at radius 2 is 1.97 bits per heavy atom. The largest absolute Gasteiger partial charge is 0.756 e. The van der Waals surface area contributed by atoms with E-state index in [9.17, 15) is 23.7 Å². The van der Waals surface area contributed by atoms with E-state index in [-0.39, 0.29) is 26.2 Å². The molecule has 1 aliphatic heterocycles. The lowest BCUT2D eigenvalue weighted by Gasteiger charge is -2.35. The molecule has 4 atom stereocenters. The Balaban J connectivity index is 1.62. The van der Waals surface area contributed by atoms with Crippen molar-refractivity contribution >= 4 is 43.3 Å². The number of urea groups is 1. The highest BCUT2D eigenvalue weighted by Crippen LogP contribution is 2.46. The molecule has 2 heterocycles. The number of imidazole rings is 1. The van der Waals surface area contributed by atoms with Crippen LogP contribution >= 0.6 is 37.2 Å². The predicted molar refractivity (Wildman–Crippen MR) is 114 cm³/mol. The maximum absolute atomic E-state index is 12.0. The molecule has 0 bridgehead atoms. The number of aromatic nitrogens is 2. The van der Waals surface area contributed by atoms with Crippen molar-refractivity contribution in [1.29, 1.82) is 0 Å². The van der Waals surface area contributed by atoms with E-state index in [1.54, 1.807) is 17.1 Å². The third-order valence-corrected chi connectivity index (χ3v) is 8.61. The van der Waals surface area contributed by atoms with E-state index in [1.165, 1.54) is 21.6 Å². The van der Waals surface area contributed by atoms with Gasteiger partial charge < -0.3 is 38.5 Å². The molecule has 184 valence electrons. The first-order valence-corrected chi connectivity index (χ1v) is 14.9. The first-order chi connectivity index (χ1) is 15.1. The van der Waals surface area contributed by atoms with Crippen LogP contribution in [0.25, 0.3) is 0 Å². The van der Waals surface area contributed by atoms with Crippen LogP contribution in [0.4, 0.5) is 4.79 Å². The number of hydrogen-bond acceptors (Lipinski definition) is 11. The number of nitrogens with one attached hydrogen (secondary N) is 2. The Hall–Kier alpha value is -0.600. The Morgan fingerprint density at radius 3 is 2.66 bits per heavy atom. The maximum Gasteiger partial charge on any atom is 0.317 e. The molecule has 17 heteroatoms. The number of carbonyl (C=O) groups excluding carboxylic acids is 1. The van der Waals surface area contributed by atoms with E-state index in [2.05, 4.69) is 15.2 Å². The molecule has 0 spiro atoms. The average molecular weight is 533 g/mol. The first kappa shape index (κ1) is 27.6. The van der Waals surface area contributed by atoms with E-state index < -0.39 is 33.7 Å². The fraction of sp³-hybridized carbons (Fsp3) is 0.733. The number of phosphoric ester groups is 2. The molecule has 13 nitrogen and oxygen atoms in total. The summed E-state index contributed by atoms with van der Waals surface area (Å²) in [4.78, 5) is 35.2. The van der Waals surface area contributed by atoms with E-state index in [0.717, 1.165) is 7.11 Å². The quantitative estimate of drug-likeness (QED) is 0.151. The summed E-state index contributed by atoms with van der Waals surface area (Å²) in [6.45, 7) is 0.0404. The van der Waals surface area contributed by atoms with E-state index in [0.29, 0.717) is 18.2 Å². The summed E-state index contributed by atoms with van der Waals surface area (Å²) in [7, 11) is -3.31. The fourth-order valence-electron chi connectivity index (χ4n) is 2.47. The van der Waals surface area contributed by atoms with Gasteiger partial charge in [0.15, 0.2) is 6.67 Å². The average Bonchev–Trinajstić information content (AvgIpc) is 3.16. The van der Waals surface area contributed by atoms with Crippen molar-refractivity contribution in [1.82, 2.24) is 15.2 Å². The van der Waals surface area contributed by atoms with Gasteiger partial charge in [0, 0.05) is 31.1 Å². The van der Waals surface area contributed by atoms with Crippen molar-refractivity contribution in [2.24, 2.45) is 13.0 Å². The second-order valence-electron chi connectivity index (χ2n) is 6.72. The van der Waals surface area contributed by atoms with Gasteiger partial charge >= 0.3 is 6.03 Å². The summed E-state index contributed by atoms with van der Waals surface area (Å²) < 4.78 is 46.1. The highest BCUT2D eigenvalue weighted by Gasteiger charge is 2.31. The van der Waals surface area contributed by atoms with Crippen molar-refractivity contribution in [2.45, 2.75) is 19.2 Å². The maximum atomic E-state index is 12.0. The number of amides is 2. The second kappa shape index (κ2) is 13.3. The number of rotatable bonds is 13. The lowest BCUT2D eigenvalue weighted by molar-refractivity contribution is -0.671. The van der Waals surface area contributed by atoms with Crippen molar-refractivity contribution in [3.8, 4) is 0 Å². The van der Waals surface area contributed by atoms with Gasteiger partial charge in [-0.3, -0.25) is 9.13 Å². The van der Waals surface area contributed by atoms with Crippen LogP contribution in [0.2, 0.25) is 0 Å². The van der Waals surface area contributed by atoms with Gasteiger partial charge in [0.2, 0.25) is 6.33 Å². The Morgan fingerprint density at radius 1 is 1.22 bits per heavy atom. The summed E-state index contributed by atoms with van der Waals surface area (Å²) in [5.74, 6) is 0.311. The number of nitrogens with zero attached hydrogens (tertiary/aromatic N) is 2. The molecule has 2 amide bonds. The molecule has 2 N–H and O–H groups in total. The molecular weight excluding hydrogens is 506 g/mol. The zero-order valence-corrected chi connectivity index (χ0v) is 21.0. The van der Waals surface area contributed by atoms with E-state index >= 15 is 0 Å². The molecule has 1 fully saturated rings. The van der Waals surface area contributed by atoms with Gasteiger partial charge in [0.1, 0.15) is 12.4 Å². The van der Waals surface area contributed by atoms with Gasteiger partial charge in [0.05, 0.1) is 26.4 Å². The van der Waals surface area contributed by atoms with Crippen molar-refractivity contribution in [3.05, 3.63) is 18.7 Å². The summed E-state index contributed by atoms with van der Waals surface area (Å²) in [6.07, 6.45) is 4.92. The lowest BCUT2D eigenvalue weighted by atomic mass is 10.1. The third-order valence-electron chi connectivity index (χ3n) is 4.16. The monoisotopic (exact) mass is 533 g/mol. The number of aryl methyl sites for hydroxylation is 1. The Bertz CT molecular complexity index is 831. The minimum atomic E-state index is -4.59. The Kier molecular flexibility index (Phi) is 11.5. The minimum Gasteiger partial charge on any atom is -0.756 e. The standard InChI is InChI=1S/C15H28N4O9P2S2/c1-18-5-6-19(12-18)11-17-15(20)16-4-3-7-26-30(23,24)27-8-13-9-31-32-10-14(13)28-29(21,22)25-2/h5-6,12-14H,3-4,7-11H2,1-2H3,(H3-,16,17,20,21,22,23,24)/p-1. The minimum absolute atomic E-state index is 0.177. The smallest absolute Gasteiger partial charge is 0.317 e. The van der Waals surface area contributed by atoms with Gasteiger partial charge in [-0.25, -0.2) is 13.9 Å². The molecule has 1 aromatic heterocycles. The predicted octanol–water partition coefficient (Wildman–Crippen LogP) is -0.0278. The van der Waals surface area contributed by atoms with Crippen LogP contribution in [-0.2, 0) is 40.9 Å². The highest BCUT2D eigenvalue weighted by atomic mass is 33.1. The zero-order chi connectivity index (χ0) is 23.6. The molecule has 1 aromatic rings. The molecule has 4 unspecified atom stereocenters. The van der Waals surface area contributed by atoms with Crippen LogP contribution in [-0.4, -0.2) is 55.1 Å². The normalized spacial score (nSPS) is 22.6. The third kappa shape index (κ3) is 10.6.